The van der Waals surface area contributed by atoms with E-state index in [2.05, 4.69) is 6.92 Å². The first kappa shape index (κ1) is 24.1. The molecule has 3 aromatic carbocycles. The zero-order valence-electron chi connectivity index (χ0n) is 18.8. The molecule has 0 saturated carbocycles. The van der Waals surface area contributed by atoms with E-state index >= 15 is 0 Å². The number of carboxylic acids is 1. The number of ether oxygens (including phenoxy) is 1. The van der Waals surface area contributed by atoms with Crippen molar-refractivity contribution in [1.29, 1.82) is 0 Å². The maximum atomic E-state index is 13.2. The van der Waals surface area contributed by atoms with E-state index in [9.17, 15) is 14.7 Å². The smallest absolute Gasteiger partial charge is 0.323 e. The normalized spacial score (nSPS) is 16.9. The van der Waals surface area contributed by atoms with Gasteiger partial charge in [-0.05, 0) is 72.9 Å². The summed E-state index contributed by atoms with van der Waals surface area (Å²) in [6.45, 7) is 1.81. The van der Waals surface area contributed by atoms with Crippen LogP contribution in [-0.4, -0.2) is 34.0 Å². The molecule has 1 amide bonds. The largest absolute Gasteiger partial charge is 0.487 e. The number of amides is 1. The molecule has 34 heavy (non-hydrogen) atoms. The molecular formula is C27H25Cl2NO4. The van der Waals surface area contributed by atoms with E-state index in [1.54, 1.807) is 36.4 Å². The van der Waals surface area contributed by atoms with Gasteiger partial charge in [-0.1, -0.05) is 53.5 Å². The summed E-state index contributed by atoms with van der Waals surface area (Å²) in [5, 5.41) is 10.6. The molecule has 7 heteroatoms. The van der Waals surface area contributed by atoms with E-state index in [1.165, 1.54) is 4.90 Å². The van der Waals surface area contributed by atoms with Crippen molar-refractivity contribution in [2.45, 2.75) is 38.3 Å². The second kappa shape index (κ2) is 10.1. The number of carbonyl (C=O) groups is 2. The number of nitrogens with zero attached hydrogens (tertiary/aromatic N) is 1. The van der Waals surface area contributed by atoms with E-state index in [0.717, 1.165) is 40.3 Å². The Balaban J connectivity index is 1.53. The molecule has 0 bridgehead atoms. The monoisotopic (exact) mass is 497 g/mol. The lowest BCUT2D eigenvalue weighted by Gasteiger charge is -2.36. The Labute approximate surface area is 208 Å². The third-order valence-corrected chi connectivity index (χ3v) is 6.59. The number of aryl methyl sites for hydroxylation is 1. The van der Waals surface area contributed by atoms with Crippen LogP contribution in [-0.2, 0) is 24.2 Å². The molecule has 0 saturated heterocycles. The first-order chi connectivity index (χ1) is 16.2. The molecule has 0 aliphatic carbocycles. The summed E-state index contributed by atoms with van der Waals surface area (Å²) in [4.78, 5) is 26.0. The second-order valence-electron chi connectivity index (χ2n) is 8.83. The minimum absolute atomic E-state index is 0.148. The molecule has 3 aromatic rings. The van der Waals surface area contributed by atoms with Crippen LogP contribution >= 0.6 is 23.2 Å². The quantitative estimate of drug-likeness (QED) is 0.431. The fourth-order valence-corrected chi connectivity index (χ4v) is 4.71. The lowest BCUT2D eigenvalue weighted by atomic mass is 9.86. The Morgan fingerprint density at radius 3 is 2.59 bits per heavy atom. The SMILES string of the molecule is CC1(Cc2ccccc2Cl)CCc2cc(C(=O)N(CC(=O)O)Cc3cccc(Cl)c3)ccc2O1. The molecule has 1 atom stereocenters. The van der Waals surface area contributed by atoms with Gasteiger partial charge >= 0.3 is 5.97 Å². The first-order valence-electron chi connectivity index (χ1n) is 11.0. The molecule has 0 fully saturated rings. The molecule has 4 rings (SSSR count). The highest BCUT2D eigenvalue weighted by molar-refractivity contribution is 6.31. The zero-order chi connectivity index (χ0) is 24.3. The van der Waals surface area contributed by atoms with Crippen molar-refractivity contribution in [3.8, 4) is 5.75 Å². The van der Waals surface area contributed by atoms with Crippen LogP contribution in [0, 0.1) is 0 Å². The lowest BCUT2D eigenvalue weighted by molar-refractivity contribution is -0.137. The lowest BCUT2D eigenvalue weighted by Crippen LogP contribution is -2.39. The summed E-state index contributed by atoms with van der Waals surface area (Å²) < 4.78 is 6.35. The predicted octanol–water partition coefficient (Wildman–Crippen LogP) is 6.05. The molecule has 176 valence electrons. The summed E-state index contributed by atoms with van der Waals surface area (Å²) >= 11 is 12.4. The first-order valence-corrected chi connectivity index (χ1v) is 11.8. The van der Waals surface area contributed by atoms with Gasteiger partial charge in [0.1, 0.15) is 17.9 Å². The van der Waals surface area contributed by atoms with E-state index in [1.807, 2.05) is 30.3 Å². The number of hydrogen-bond donors (Lipinski definition) is 1. The average Bonchev–Trinajstić information content (AvgIpc) is 2.79. The summed E-state index contributed by atoms with van der Waals surface area (Å²) in [5.74, 6) is -0.696. The van der Waals surface area contributed by atoms with Crippen molar-refractivity contribution in [3.05, 3.63) is 99.0 Å². The Kier molecular flexibility index (Phi) is 7.15. The molecule has 5 nitrogen and oxygen atoms in total. The van der Waals surface area contributed by atoms with Crippen LogP contribution in [0.5, 0.6) is 5.75 Å². The van der Waals surface area contributed by atoms with Crippen molar-refractivity contribution in [2.75, 3.05) is 6.54 Å². The zero-order valence-corrected chi connectivity index (χ0v) is 20.3. The van der Waals surface area contributed by atoms with Gasteiger partial charge in [0.05, 0.1) is 0 Å². The minimum Gasteiger partial charge on any atom is -0.487 e. The van der Waals surface area contributed by atoms with Crippen LogP contribution in [0.2, 0.25) is 10.0 Å². The van der Waals surface area contributed by atoms with Gasteiger partial charge in [-0.25, -0.2) is 0 Å². The van der Waals surface area contributed by atoms with Gasteiger partial charge in [0.2, 0.25) is 0 Å². The molecule has 1 N–H and O–H groups in total. The fraction of sp³-hybridized carbons (Fsp3) is 0.259. The molecule has 1 heterocycles. The van der Waals surface area contributed by atoms with Gasteiger partial charge in [-0.2, -0.15) is 0 Å². The van der Waals surface area contributed by atoms with E-state index in [4.69, 9.17) is 27.9 Å². The molecule has 0 spiro atoms. The summed E-state index contributed by atoms with van der Waals surface area (Å²) in [6, 6.07) is 20.1. The number of benzene rings is 3. The highest BCUT2D eigenvalue weighted by Crippen LogP contribution is 2.37. The molecule has 1 unspecified atom stereocenters. The number of carboxylic acid groups (broad SMARTS) is 1. The summed E-state index contributed by atoms with van der Waals surface area (Å²) in [6.07, 6.45) is 2.19. The van der Waals surface area contributed by atoms with Gasteiger partial charge < -0.3 is 14.7 Å². The minimum atomic E-state index is -1.08. The maximum absolute atomic E-state index is 13.2. The van der Waals surface area contributed by atoms with Crippen LogP contribution in [0.15, 0.2) is 66.7 Å². The highest BCUT2D eigenvalue weighted by Gasteiger charge is 2.33. The van der Waals surface area contributed by atoms with Crippen LogP contribution < -0.4 is 4.74 Å². The number of halogens is 2. The average molecular weight is 498 g/mol. The molecular weight excluding hydrogens is 473 g/mol. The van der Waals surface area contributed by atoms with Crippen molar-refractivity contribution in [2.24, 2.45) is 0 Å². The summed E-state index contributed by atoms with van der Waals surface area (Å²) in [7, 11) is 0. The number of fused-ring (bicyclic) bond motifs is 1. The molecule has 0 aromatic heterocycles. The van der Waals surface area contributed by atoms with Gasteiger partial charge in [0.25, 0.3) is 5.91 Å². The number of hydrogen-bond acceptors (Lipinski definition) is 3. The highest BCUT2D eigenvalue weighted by atomic mass is 35.5. The second-order valence-corrected chi connectivity index (χ2v) is 9.67. The van der Waals surface area contributed by atoms with Crippen LogP contribution in [0.1, 0.15) is 40.4 Å². The standard InChI is InChI=1S/C27H25Cl2NO4/c1-27(15-21-6-2-3-8-23(21)29)12-11-19-14-20(9-10-24(19)34-27)26(33)30(17-25(31)32)16-18-5-4-7-22(28)13-18/h2-10,13-14H,11-12,15-17H2,1H3,(H,31,32). The van der Waals surface area contributed by atoms with E-state index < -0.39 is 18.1 Å². The third kappa shape index (κ3) is 5.72. The Hall–Kier alpha value is -3.02. The van der Waals surface area contributed by atoms with Gasteiger partial charge in [0, 0.05) is 28.6 Å². The Morgan fingerprint density at radius 1 is 1.06 bits per heavy atom. The van der Waals surface area contributed by atoms with Crippen LogP contribution in [0.4, 0.5) is 0 Å². The summed E-state index contributed by atoms with van der Waals surface area (Å²) in [5.41, 5.74) is 2.75. The molecule has 0 radical (unpaired) electrons. The molecule has 1 aliphatic rings. The number of aliphatic carboxylic acids is 1. The fourth-order valence-electron chi connectivity index (χ4n) is 4.29. The third-order valence-electron chi connectivity index (χ3n) is 5.99. The van der Waals surface area contributed by atoms with Crippen molar-refractivity contribution < 1.29 is 19.4 Å². The van der Waals surface area contributed by atoms with Gasteiger partial charge in [-0.3, -0.25) is 9.59 Å². The predicted molar refractivity (Wildman–Crippen MR) is 133 cm³/mol. The van der Waals surface area contributed by atoms with Crippen molar-refractivity contribution in [1.82, 2.24) is 4.90 Å². The van der Waals surface area contributed by atoms with Gasteiger partial charge in [-0.15, -0.1) is 0 Å². The van der Waals surface area contributed by atoms with Crippen molar-refractivity contribution in [3.63, 3.8) is 0 Å². The van der Waals surface area contributed by atoms with Gasteiger partial charge in [0.15, 0.2) is 0 Å². The Morgan fingerprint density at radius 2 is 1.85 bits per heavy atom. The Bertz CT molecular complexity index is 1230. The van der Waals surface area contributed by atoms with E-state index in [-0.39, 0.29) is 12.5 Å². The number of rotatable bonds is 7. The topological polar surface area (TPSA) is 66.8 Å². The van der Waals surface area contributed by atoms with Crippen LogP contribution in [0.3, 0.4) is 0 Å². The molecule has 1 aliphatic heterocycles. The van der Waals surface area contributed by atoms with E-state index in [0.29, 0.717) is 17.0 Å². The van der Waals surface area contributed by atoms with Crippen LogP contribution in [0.25, 0.3) is 0 Å². The van der Waals surface area contributed by atoms with Crippen molar-refractivity contribution >= 4 is 35.1 Å². The maximum Gasteiger partial charge on any atom is 0.323 e. The number of carbonyl (C=O) groups excluding carboxylic acids is 1.